The molecule has 3 rings (SSSR count). The van der Waals surface area contributed by atoms with Crippen molar-refractivity contribution in [2.75, 3.05) is 13.1 Å². The second-order valence-corrected chi connectivity index (χ2v) is 6.38. The molecular weight excluding hydrogens is 309 g/mol. The van der Waals surface area contributed by atoms with E-state index < -0.39 is 0 Å². The number of hydrogen-bond acceptors (Lipinski definition) is 3. The van der Waals surface area contributed by atoms with Crippen LogP contribution in [-0.2, 0) is 0 Å². The number of para-hydroxylation sites is 1. The minimum absolute atomic E-state index is 0.0841. The van der Waals surface area contributed by atoms with E-state index in [1.807, 2.05) is 0 Å². The lowest BCUT2D eigenvalue weighted by Gasteiger charge is -2.33. The van der Waals surface area contributed by atoms with Crippen LogP contribution in [0.25, 0.3) is 5.69 Å². The molecule has 1 aromatic carbocycles. The maximum atomic E-state index is 14.0. The molecule has 1 saturated heterocycles. The minimum Gasteiger partial charge on any atom is -0.393 e. The molecule has 1 aliphatic rings. The van der Waals surface area contributed by atoms with E-state index in [9.17, 15) is 14.3 Å². The zero-order valence-electron chi connectivity index (χ0n) is 13.9. The summed E-state index contributed by atoms with van der Waals surface area (Å²) in [6.45, 7) is 4.82. The van der Waals surface area contributed by atoms with Gasteiger partial charge in [0, 0.05) is 13.1 Å². The van der Waals surface area contributed by atoms with Crippen molar-refractivity contribution in [2.24, 2.45) is 5.92 Å². The Morgan fingerprint density at radius 1 is 1.33 bits per heavy atom. The second-order valence-electron chi connectivity index (χ2n) is 6.38. The fourth-order valence-electron chi connectivity index (χ4n) is 3.24. The van der Waals surface area contributed by atoms with Gasteiger partial charge in [-0.05, 0) is 44.7 Å². The zero-order valence-corrected chi connectivity index (χ0v) is 13.9. The Labute approximate surface area is 140 Å². The molecule has 1 aromatic heterocycles. The molecule has 1 aliphatic heterocycles. The van der Waals surface area contributed by atoms with Gasteiger partial charge in [-0.1, -0.05) is 12.1 Å². The number of piperidine rings is 1. The highest BCUT2D eigenvalue weighted by molar-refractivity contribution is 5.95. The first-order valence-corrected chi connectivity index (χ1v) is 8.26. The molecule has 1 N–H and O–H groups in total. The number of amides is 1. The normalized spacial score (nSPS) is 17.1. The van der Waals surface area contributed by atoms with Gasteiger partial charge >= 0.3 is 0 Å². The Balaban J connectivity index is 1.79. The lowest BCUT2D eigenvalue weighted by molar-refractivity contribution is 0.0521. The molecule has 24 heavy (non-hydrogen) atoms. The third-order valence-corrected chi connectivity index (χ3v) is 4.83. The van der Waals surface area contributed by atoms with Gasteiger partial charge in [-0.25, -0.2) is 9.07 Å². The summed E-state index contributed by atoms with van der Waals surface area (Å²) in [5.74, 6) is -0.212. The van der Waals surface area contributed by atoms with Crippen LogP contribution in [0.15, 0.2) is 30.5 Å². The molecule has 1 amide bonds. The van der Waals surface area contributed by atoms with Gasteiger partial charge in [0.25, 0.3) is 5.91 Å². The van der Waals surface area contributed by atoms with Gasteiger partial charge in [-0.3, -0.25) is 4.79 Å². The fraction of sp³-hybridized carbons (Fsp3) is 0.444. The Morgan fingerprint density at radius 2 is 2.00 bits per heavy atom. The highest BCUT2D eigenvalue weighted by atomic mass is 19.1. The number of benzene rings is 1. The number of aromatic nitrogens is 2. The van der Waals surface area contributed by atoms with Crippen LogP contribution in [0.4, 0.5) is 4.39 Å². The molecule has 6 heteroatoms. The minimum atomic E-state index is -0.375. The Hall–Kier alpha value is -2.21. The highest BCUT2D eigenvalue weighted by Crippen LogP contribution is 2.23. The summed E-state index contributed by atoms with van der Waals surface area (Å²) in [6, 6.07) is 6.37. The number of aliphatic hydroxyl groups excluding tert-OH is 1. The largest absolute Gasteiger partial charge is 0.393 e. The van der Waals surface area contributed by atoms with Crippen molar-refractivity contribution in [3.8, 4) is 5.69 Å². The van der Waals surface area contributed by atoms with Crippen molar-refractivity contribution >= 4 is 5.91 Å². The summed E-state index contributed by atoms with van der Waals surface area (Å²) in [5.41, 5.74) is 1.46. The van der Waals surface area contributed by atoms with Crippen molar-refractivity contribution in [3.63, 3.8) is 0 Å². The van der Waals surface area contributed by atoms with Gasteiger partial charge in [0.2, 0.25) is 0 Å². The third kappa shape index (κ3) is 3.06. The van der Waals surface area contributed by atoms with Crippen molar-refractivity contribution in [3.05, 3.63) is 47.5 Å². The van der Waals surface area contributed by atoms with Gasteiger partial charge in [-0.15, -0.1) is 0 Å². The Kier molecular flexibility index (Phi) is 4.66. The molecule has 0 radical (unpaired) electrons. The van der Waals surface area contributed by atoms with Gasteiger partial charge in [0.15, 0.2) is 0 Å². The third-order valence-electron chi connectivity index (χ3n) is 4.83. The molecule has 1 fully saturated rings. The van der Waals surface area contributed by atoms with Crippen LogP contribution in [-0.4, -0.2) is 44.9 Å². The molecule has 128 valence electrons. The van der Waals surface area contributed by atoms with E-state index in [0.29, 0.717) is 30.0 Å². The molecular formula is C18H22FN3O2. The predicted molar refractivity (Wildman–Crippen MR) is 88.6 cm³/mol. The Morgan fingerprint density at radius 3 is 2.62 bits per heavy atom. The number of carbonyl (C=O) groups excluding carboxylic acids is 1. The second kappa shape index (κ2) is 6.73. The summed E-state index contributed by atoms with van der Waals surface area (Å²) in [7, 11) is 0. The van der Waals surface area contributed by atoms with Gasteiger partial charge in [0.1, 0.15) is 11.5 Å². The smallest absolute Gasteiger partial charge is 0.257 e. The van der Waals surface area contributed by atoms with Crippen molar-refractivity contribution in [2.45, 2.75) is 32.8 Å². The standard InChI is InChI=1S/C18H22FN3O2/c1-12-15(11-20-22(12)17-6-4-3-5-16(17)19)18(24)21-9-7-14(8-10-21)13(2)23/h3-6,11,13-14,23H,7-10H2,1-2H3. The van der Waals surface area contributed by atoms with Crippen LogP contribution in [0.3, 0.4) is 0 Å². The van der Waals surface area contributed by atoms with Crippen LogP contribution < -0.4 is 0 Å². The molecule has 1 unspecified atom stereocenters. The predicted octanol–water partition coefficient (Wildman–Crippen LogP) is 2.55. The van der Waals surface area contributed by atoms with Crippen LogP contribution in [0, 0.1) is 18.7 Å². The van der Waals surface area contributed by atoms with Crippen LogP contribution >= 0.6 is 0 Å². The van der Waals surface area contributed by atoms with E-state index in [-0.39, 0.29) is 23.7 Å². The lowest BCUT2D eigenvalue weighted by Crippen LogP contribution is -2.40. The first kappa shape index (κ1) is 16.6. The van der Waals surface area contributed by atoms with Crippen molar-refractivity contribution < 1.29 is 14.3 Å². The lowest BCUT2D eigenvalue weighted by atomic mass is 9.92. The molecule has 1 atom stereocenters. The van der Waals surface area contributed by atoms with Gasteiger partial charge < -0.3 is 10.0 Å². The highest BCUT2D eigenvalue weighted by Gasteiger charge is 2.28. The number of likely N-dealkylation sites (tertiary alicyclic amines) is 1. The molecule has 0 spiro atoms. The fourth-order valence-corrected chi connectivity index (χ4v) is 3.24. The number of aliphatic hydroxyl groups is 1. The van der Waals surface area contributed by atoms with E-state index in [2.05, 4.69) is 5.10 Å². The number of hydrogen-bond donors (Lipinski definition) is 1. The summed E-state index contributed by atoms with van der Waals surface area (Å²) in [4.78, 5) is 14.5. The van der Waals surface area contributed by atoms with Gasteiger partial charge in [-0.2, -0.15) is 5.10 Å². The van der Waals surface area contributed by atoms with E-state index >= 15 is 0 Å². The number of carbonyl (C=O) groups is 1. The summed E-state index contributed by atoms with van der Waals surface area (Å²) in [6.07, 6.45) is 2.76. The summed E-state index contributed by atoms with van der Waals surface area (Å²) >= 11 is 0. The monoisotopic (exact) mass is 331 g/mol. The molecule has 0 bridgehead atoms. The molecule has 5 nitrogen and oxygen atoms in total. The van der Waals surface area contributed by atoms with Crippen LogP contribution in [0.2, 0.25) is 0 Å². The van der Waals surface area contributed by atoms with Crippen molar-refractivity contribution in [1.29, 1.82) is 0 Å². The van der Waals surface area contributed by atoms with Crippen molar-refractivity contribution in [1.82, 2.24) is 14.7 Å². The Bertz CT molecular complexity index is 734. The number of halogens is 1. The summed E-state index contributed by atoms with van der Waals surface area (Å²) in [5, 5.41) is 13.9. The molecule has 0 saturated carbocycles. The van der Waals surface area contributed by atoms with Crippen LogP contribution in [0.1, 0.15) is 35.8 Å². The number of rotatable bonds is 3. The quantitative estimate of drug-likeness (QED) is 0.940. The van der Waals surface area contributed by atoms with Gasteiger partial charge in [0.05, 0.1) is 23.6 Å². The maximum Gasteiger partial charge on any atom is 0.257 e. The molecule has 2 heterocycles. The van der Waals surface area contributed by atoms with E-state index in [1.165, 1.54) is 16.9 Å². The zero-order chi connectivity index (χ0) is 17.3. The topological polar surface area (TPSA) is 58.4 Å². The average Bonchev–Trinajstić information content (AvgIpc) is 2.96. The van der Waals surface area contributed by atoms with E-state index in [1.54, 1.807) is 36.9 Å². The SMILES string of the molecule is Cc1c(C(=O)N2CCC(C(C)O)CC2)cnn1-c1ccccc1F. The first-order chi connectivity index (χ1) is 11.5. The summed E-state index contributed by atoms with van der Waals surface area (Å²) < 4.78 is 15.4. The van der Waals surface area contributed by atoms with Crippen LogP contribution in [0.5, 0.6) is 0 Å². The van der Waals surface area contributed by atoms with E-state index in [0.717, 1.165) is 12.8 Å². The van der Waals surface area contributed by atoms with E-state index in [4.69, 9.17) is 0 Å². The maximum absolute atomic E-state index is 14.0. The molecule has 0 aliphatic carbocycles. The number of nitrogens with zero attached hydrogens (tertiary/aromatic N) is 3. The average molecular weight is 331 g/mol. The molecule has 2 aromatic rings. The first-order valence-electron chi connectivity index (χ1n) is 8.26.